The second-order valence-corrected chi connectivity index (χ2v) is 7.50. The number of thiophene rings is 1. The van der Waals surface area contributed by atoms with E-state index in [0.29, 0.717) is 36.1 Å². The quantitative estimate of drug-likeness (QED) is 0.557. The van der Waals surface area contributed by atoms with Gasteiger partial charge in [0, 0.05) is 11.3 Å². The van der Waals surface area contributed by atoms with E-state index in [1.807, 2.05) is 36.3 Å². The van der Waals surface area contributed by atoms with Crippen LogP contribution in [-0.2, 0) is 11.3 Å². The summed E-state index contributed by atoms with van der Waals surface area (Å²) < 4.78 is 5.76. The van der Waals surface area contributed by atoms with Gasteiger partial charge in [0.05, 0.1) is 17.5 Å². The molecule has 8 nitrogen and oxygen atoms in total. The summed E-state index contributed by atoms with van der Waals surface area (Å²) in [6, 6.07) is 9.90. The average molecular weight is 414 g/mol. The number of anilines is 1. The van der Waals surface area contributed by atoms with Gasteiger partial charge in [0.15, 0.2) is 0 Å². The maximum absolute atomic E-state index is 12.7. The number of primary amides is 1. The van der Waals surface area contributed by atoms with Crippen molar-refractivity contribution in [2.24, 2.45) is 5.73 Å². The Bertz CT molecular complexity index is 953. The Labute approximate surface area is 172 Å². The highest BCUT2D eigenvalue weighted by molar-refractivity contribution is 7.13. The fraction of sp³-hybridized carbons (Fsp3) is 0.300. The fourth-order valence-electron chi connectivity index (χ4n) is 2.82. The molecule has 1 atom stereocenters. The molecule has 2 amide bonds. The molecule has 0 spiro atoms. The minimum absolute atomic E-state index is 0.164. The van der Waals surface area contributed by atoms with Crippen molar-refractivity contribution >= 4 is 28.8 Å². The normalized spacial score (nSPS) is 12.1. The lowest BCUT2D eigenvalue weighted by Gasteiger charge is -2.26. The van der Waals surface area contributed by atoms with E-state index in [1.165, 1.54) is 11.3 Å². The summed E-state index contributed by atoms with van der Waals surface area (Å²) in [5.74, 6) is 0.278. The molecule has 29 heavy (non-hydrogen) atoms. The van der Waals surface area contributed by atoms with E-state index in [4.69, 9.17) is 10.2 Å². The summed E-state index contributed by atoms with van der Waals surface area (Å²) in [4.78, 5) is 26.8. The zero-order valence-corrected chi connectivity index (χ0v) is 17.1. The summed E-state index contributed by atoms with van der Waals surface area (Å²) in [5.41, 5.74) is 6.23. The van der Waals surface area contributed by atoms with E-state index < -0.39 is 11.9 Å². The molecule has 152 valence electrons. The van der Waals surface area contributed by atoms with Crippen LogP contribution in [-0.4, -0.2) is 39.5 Å². The summed E-state index contributed by atoms with van der Waals surface area (Å²) in [5, 5.41) is 13.0. The molecule has 0 saturated carbocycles. The molecule has 2 aromatic heterocycles. The number of benzene rings is 1. The summed E-state index contributed by atoms with van der Waals surface area (Å²) in [7, 11) is 0. The number of carbonyl (C=O) groups is 2. The van der Waals surface area contributed by atoms with Crippen LogP contribution in [0.4, 0.5) is 5.69 Å². The van der Waals surface area contributed by atoms with Crippen LogP contribution in [0.15, 0.2) is 46.2 Å². The molecule has 0 radical (unpaired) electrons. The van der Waals surface area contributed by atoms with Crippen molar-refractivity contribution in [1.82, 2.24) is 15.1 Å². The largest absolute Gasteiger partial charge is 0.419 e. The lowest BCUT2D eigenvalue weighted by molar-refractivity contribution is -0.121. The van der Waals surface area contributed by atoms with E-state index in [1.54, 1.807) is 24.3 Å². The minimum Gasteiger partial charge on any atom is -0.419 e. The fourth-order valence-corrected chi connectivity index (χ4v) is 3.46. The number of hydrogen-bond acceptors (Lipinski definition) is 7. The molecule has 0 fully saturated rings. The maximum Gasteiger partial charge on any atom is 0.257 e. The van der Waals surface area contributed by atoms with Gasteiger partial charge < -0.3 is 15.5 Å². The van der Waals surface area contributed by atoms with Gasteiger partial charge in [-0.15, -0.1) is 21.5 Å². The standard InChI is InChI=1S/C20H23N5O3S/c1-3-10-25(12-17-23-24-20(28-17)16-5-4-11-29-16)13(2)19(27)22-15-8-6-14(7-9-15)18(21)26/h4-9,11,13H,3,10,12H2,1-2H3,(H2,21,26)(H,22,27)/t13-/m1/s1. The van der Waals surface area contributed by atoms with Gasteiger partial charge in [0.1, 0.15) is 0 Å². The van der Waals surface area contributed by atoms with Gasteiger partial charge >= 0.3 is 0 Å². The molecule has 3 rings (SSSR count). The summed E-state index contributed by atoms with van der Waals surface area (Å²) in [6.07, 6.45) is 0.872. The third kappa shape index (κ3) is 5.27. The Morgan fingerprint density at radius 3 is 2.62 bits per heavy atom. The third-order valence-corrected chi connectivity index (χ3v) is 5.27. The number of rotatable bonds is 9. The molecule has 0 unspecified atom stereocenters. The van der Waals surface area contributed by atoms with E-state index in [2.05, 4.69) is 15.5 Å². The molecule has 3 aromatic rings. The number of hydrogen-bond donors (Lipinski definition) is 2. The monoisotopic (exact) mass is 413 g/mol. The summed E-state index contributed by atoms with van der Waals surface area (Å²) in [6.45, 7) is 4.96. The number of carbonyl (C=O) groups excluding carboxylic acids is 2. The zero-order chi connectivity index (χ0) is 20.8. The number of nitrogens with zero attached hydrogens (tertiary/aromatic N) is 3. The SMILES string of the molecule is CCCN(Cc1nnc(-c2cccs2)o1)[C@H](C)C(=O)Nc1ccc(C(N)=O)cc1. The van der Waals surface area contributed by atoms with Crippen molar-refractivity contribution in [2.45, 2.75) is 32.9 Å². The van der Waals surface area contributed by atoms with E-state index in [-0.39, 0.29) is 5.91 Å². The molecular formula is C20H23N5O3S. The van der Waals surface area contributed by atoms with Crippen LogP contribution < -0.4 is 11.1 Å². The second kappa shape index (κ2) is 9.44. The lowest BCUT2D eigenvalue weighted by Crippen LogP contribution is -2.42. The second-order valence-electron chi connectivity index (χ2n) is 6.56. The average Bonchev–Trinajstić information content (AvgIpc) is 3.39. The Hall–Kier alpha value is -3.04. The van der Waals surface area contributed by atoms with Crippen LogP contribution >= 0.6 is 11.3 Å². The van der Waals surface area contributed by atoms with Gasteiger partial charge in [-0.3, -0.25) is 14.5 Å². The van der Waals surface area contributed by atoms with Gasteiger partial charge in [-0.1, -0.05) is 13.0 Å². The van der Waals surface area contributed by atoms with E-state index in [9.17, 15) is 9.59 Å². The van der Waals surface area contributed by atoms with Crippen LogP contribution in [0.25, 0.3) is 10.8 Å². The first kappa shape index (κ1) is 20.7. The summed E-state index contributed by atoms with van der Waals surface area (Å²) >= 11 is 1.53. The molecule has 0 aliphatic rings. The van der Waals surface area contributed by atoms with Crippen LogP contribution in [0.5, 0.6) is 0 Å². The molecule has 2 heterocycles. The van der Waals surface area contributed by atoms with E-state index in [0.717, 1.165) is 11.3 Å². The highest BCUT2D eigenvalue weighted by Gasteiger charge is 2.23. The predicted octanol–water partition coefficient (Wildman–Crippen LogP) is 3.14. The molecule has 0 aliphatic carbocycles. The smallest absolute Gasteiger partial charge is 0.257 e. The Morgan fingerprint density at radius 2 is 2.00 bits per heavy atom. The Balaban J connectivity index is 1.65. The van der Waals surface area contributed by atoms with Crippen molar-refractivity contribution in [2.75, 3.05) is 11.9 Å². The molecule has 9 heteroatoms. The van der Waals surface area contributed by atoms with Gasteiger partial charge in [-0.2, -0.15) is 0 Å². The molecule has 0 aliphatic heterocycles. The first-order valence-corrected chi connectivity index (χ1v) is 10.2. The van der Waals surface area contributed by atoms with Gasteiger partial charge in [0.25, 0.3) is 5.89 Å². The highest BCUT2D eigenvalue weighted by Crippen LogP contribution is 2.23. The van der Waals surface area contributed by atoms with Crippen LogP contribution in [0.2, 0.25) is 0 Å². The Morgan fingerprint density at radius 1 is 1.24 bits per heavy atom. The van der Waals surface area contributed by atoms with Gasteiger partial charge in [-0.05, 0) is 55.6 Å². The zero-order valence-electron chi connectivity index (χ0n) is 16.3. The molecule has 3 N–H and O–H groups in total. The lowest BCUT2D eigenvalue weighted by atomic mass is 10.2. The van der Waals surface area contributed by atoms with Gasteiger partial charge in [0.2, 0.25) is 17.7 Å². The Kier molecular flexibility index (Phi) is 6.73. The van der Waals surface area contributed by atoms with Crippen molar-refractivity contribution in [3.8, 4) is 10.8 Å². The molecular weight excluding hydrogens is 390 g/mol. The first-order chi connectivity index (χ1) is 14.0. The maximum atomic E-state index is 12.7. The topological polar surface area (TPSA) is 114 Å². The van der Waals surface area contributed by atoms with Crippen molar-refractivity contribution < 1.29 is 14.0 Å². The van der Waals surface area contributed by atoms with Crippen molar-refractivity contribution in [3.05, 3.63) is 53.2 Å². The molecule has 1 aromatic carbocycles. The minimum atomic E-state index is -0.508. The van der Waals surface area contributed by atoms with E-state index >= 15 is 0 Å². The first-order valence-electron chi connectivity index (χ1n) is 9.29. The molecule has 0 saturated heterocycles. The predicted molar refractivity (Wildman–Crippen MR) is 111 cm³/mol. The van der Waals surface area contributed by atoms with Crippen molar-refractivity contribution in [1.29, 1.82) is 0 Å². The van der Waals surface area contributed by atoms with Crippen LogP contribution in [0.3, 0.4) is 0 Å². The third-order valence-electron chi connectivity index (χ3n) is 4.41. The number of aromatic nitrogens is 2. The van der Waals surface area contributed by atoms with Crippen LogP contribution in [0.1, 0.15) is 36.5 Å². The van der Waals surface area contributed by atoms with Crippen molar-refractivity contribution in [3.63, 3.8) is 0 Å². The number of nitrogens with two attached hydrogens (primary N) is 1. The highest BCUT2D eigenvalue weighted by atomic mass is 32.1. The van der Waals surface area contributed by atoms with Crippen LogP contribution in [0, 0.1) is 0 Å². The number of amides is 2. The van der Waals surface area contributed by atoms with Gasteiger partial charge in [-0.25, -0.2) is 0 Å². The number of nitrogens with one attached hydrogen (secondary N) is 1. The molecule has 0 bridgehead atoms.